The van der Waals surface area contributed by atoms with E-state index in [9.17, 15) is 4.79 Å². The Kier molecular flexibility index (Phi) is 4.38. The van der Waals surface area contributed by atoms with Crippen molar-refractivity contribution >= 4 is 5.97 Å². The smallest absolute Gasteiger partial charge is 0.338 e. The molecular weight excluding hydrogens is 340 g/mol. The Morgan fingerprint density at radius 3 is 2.56 bits per heavy atom. The molecule has 0 aromatic heterocycles. The van der Waals surface area contributed by atoms with E-state index in [1.54, 1.807) is 31.4 Å². The molecule has 1 heterocycles. The summed E-state index contributed by atoms with van der Waals surface area (Å²) in [7, 11) is 1.61. The molecule has 1 saturated carbocycles. The molecular formula is C23H30O4. The third-order valence-corrected chi connectivity index (χ3v) is 7.31. The van der Waals surface area contributed by atoms with Gasteiger partial charge in [0.25, 0.3) is 0 Å². The van der Waals surface area contributed by atoms with Gasteiger partial charge in [0.1, 0.15) is 23.6 Å². The molecule has 0 radical (unpaired) electrons. The molecule has 4 rings (SSSR count). The van der Waals surface area contributed by atoms with E-state index in [0.717, 1.165) is 25.0 Å². The van der Waals surface area contributed by atoms with E-state index in [1.165, 1.54) is 18.4 Å². The average Bonchev–Trinajstić information content (AvgIpc) is 3.33. The van der Waals surface area contributed by atoms with Crippen LogP contribution in [0.5, 0.6) is 5.75 Å². The fraction of sp³-hybridized carbons (Fsp3) is 0.609. The molecule has 3 atom stereocenters. The van der Waals surface area contributed by atoms with Gasteiger partial charge in [-0.2, -0.15) is 0 Å². The van der Waals surface area contributed by atoms with Crippen LogP contribution >= 0.6 is 0 Å². The number of hydrogen-bond acceptors (Lipinski definition) is 4. The number of carbonyl (C=O) groups is 1. The van der Waals surface area contributed by atoms with Crippen molar-refractivity contribution in [1.82, 2.24) is 0 Å². The molecule has 1 aromatic carbocycles. The minimum absolute atomic E-state index is 0.0202. The van der Waals surface area contributed by atoms with Crippen LogP contribution in [-0.4, -0.2) is 30.9 Å². The predicted molar refractivity (Wildman–Crippen MR) is 104 cm³/mol. The molecule has 27 heavy (non-hydrogen) atoms. The Bertz CT molecular complexity index is 765. The third kappa shape index (κ3) is 2.72. The summed E-state index contributed by atoms with van der Waals surface area (Å²) >= 11 is 0. The highest BCUT2D eigenvalue weighted by Gasteiger charge is 2.80. The molecule has 0 bridgehead atoms. The number of rotatable bonds is 5. The monoisotopic (exact) mass is 370 g/mol. The van der Waals surface area contributed by atoms with E-state index < -0.39 is 0 Å². The molecule has 146 valence electrons. The Morgan fingerprint density at radius 2 is 1.93 bits per heavy atom. The summed E-state index contributed by atoms with van der Waals surface area (Å²) in [5, 5.41) is 0. The number of esters is 1. The topological polar surface area (TPSA) is 48.1 Å². The van der Waals surface area contributed by atoms with Gasteiger partial charge in [-0.25, -0.2) is 4.79 Å². The largest absolute Gasteiger partial charge is 0.497 e. The third-order valence-electron chi connectivity index (χ3n) is 7.31. The summed E-state index contributed by atoms with van der Waals surface area (Å²) in [6.45, 7) is 7.32. The molecule has 2 fully saturated rings. The lowest BCUT2D eigenvalue weighted by Crippen LogP contribution is -2.36. The van der Waals surface area contributed by atoms with E-state index in [0.29, 0.717) is 18.1 Å². The number of hydrogen-bond donors (Lipinski definition) is 0. The van der Waals surface area contributed by atoms with E-state index in [4.69, 9.17) is 14.2 Å². The van der Waals surface area contributed by atoms with Crippen LogP contribution in [0, 0.1) is 11.3 Å². The fourth-order valence-corrected chi connectivity index (χ4v) is 5.45. The Balaban J connectivity index is 1.40. The summed E-state index contributed by atoms with van der Waals surface area (Å²) in [6, 6.07) is 7.03. The molecule has 4 heteroatoms. The molecule has 0 unspecified atom stereocenters. The second-order valence-corrected chi connectivity index (χ2v) is 8.91. The zero-order chi connectivity index (χ0) is 19.3. The van der Waals surface area contributed by atoms with Gasteiger partial charge < -0.3 is 14.2 Å². The van der Waals surface area contributed by atoms with Crippen LogP contribution in [0.3, 0.4) is 0 Å². The molecule has 0 amide bonds. The van der Waals surface area contributed by atoms with Crippen LogP contribution in [0.2, 0.25) is 0 Å². The van der Waals surface area contributed by atoms with Gasteiger partial charge >= 0.3 is 5.97 Å². The van der Waals surface area contributed by atoms with E-state index >= 15 is 0 Å². The van der Waals surface area contributed by atoms with Crippen LogP contribution < -0.4 is 4.74 Å². The van der Waals surface area contributed by atoms with Gasteiger partial charge in [-0.05, 0) is 67.9 Å². The van der Waals surface area contributed by atoms with Crippen LogP contribution in [0.15, 0.2) is 35.9 Å². The van der Waals surface area contributed by atoms with Crippen molar-refractivity contribution in [3.05, 3.63) is 41.5 Å². The summed E-state index contributed by atoms with van der Waals surface area (Å²) in [5.41, 5.74) is 2.07. The molecule has 0 N–H and O–H groups in total. The highest BCUT2D eigenvalue weighted by Crippen LogP contribution is 2.74. The first-order valence-electron chi connectivity index (χ1n) is 10.1. The Labute approximate surface area is 161 Å². The standard InChI is InChI=1S/C23H30O4/c1-16(2)22-14-13-21(3)11-9-17(10-12-23(21,22)27-22)15-26-20(24)18-5-7-19(25-4)8-6-18/h5-9,16H,10-15H2,1-4H3/t21-,22+,23+/m0/s1. The summed E-state index contributed by atoms with van der Waals surface area (Å²) in [4.78, 5) is 12.3. The fourth-order valence-electron chi connectivity index (χ4n) is 5.45. The zero-order valence-corrected chi connectivity index (χ0v) is 16.8. The number of allylic oxidation sites excluding steroid dienone is 1. The lowest BCUT2D eigenvalue weighted by molar-refractivity contribution is 0.0536. The maximum absolute atomic E-state index is 12.3. The van der Waals surface area contributed by atoms with E-state index in [1.807, 2.05) is 0 Å². The molecule has 1 aliphatic heterocycles. The highest BCUT2D eigenvalue weighted by atomic mass is 16.6. The second kappa shape index (κ2) is 6.37. The van der Waals surface area contributed by atoms with Crippen molar-refractivity contribution in [2.45, 2.75) is 64.1 Å². The lowest BCUT2D eigenvalue weighted by Gasteiger charge is -2.30. The first-order valence-corrected chi connectivity index (χ1v) is 10.1. The van der Waals surface area contributed by atoms with Gasteiger partial charge in [-0.3, -0.25) is 0 Å². The molecule has 1 aromatic rings. The molecule has 1 spiro atoms. The normalized spacial score (nSPS) is 34.3. The van der Waals surface area contributed by atoms with Crippen LogP contribution in [0.1, 0.15) is 63.2 Å². The maximum Gasteiger partial charge on any atom is 0.338 e. The van der Waals surface area contributed by atoms with Crippen molar-refractivity contribution in [3.8, 4) is 5.75 Å². The van der Waals surface area contributed by atoms with Gasteiger partial charge in [0.15, 0.2) is 0 Å². The Morgan fingerprint density at radius 1 is 1.19 bits per heavy atom. The van der Waals surface area contributed by atoms with Crippen LogP contribution in [0.4, 0.5) is 0 Å². The van der Waals surface area contributed by atoms with Crippen molar-refractivity contribution in [2.24, 2.45) is 11.3 Å². The van der Waals surface area contributed by atoms with Crippen LogP contribution in [0.25, 0.3) is 0 Å². The van der Waals surface area contributed by atoms with Gasteiger partial charge in [0.05, 0.1) is 12.7 Å². The molecule has 3 aliphatic rings. The number of ether oxygens (including phenoxy) is 3. The molecule has 4 nitrogen and oxygen atoms in total. The number of carbonyl (C=O) groups excluding carboxylic acids is 1. The zero-order valence-electron chi connectivity index (χ0n) is 16.8. The average molecular weight is 370 g/mol. The highest BCUT2D eigenvalue weighted by molar-refractivity contribution is 5.89. The second-order valence-electron chi connectivity index (χ2n) is 8.91. The van der Waals surface area contributed by atoms with Crippen molar-refractivity contribution in [3.63, 3.8) is 0 Å². The predicted octanol–water partition coefficient (Wildman–Crippen LogP) is 4.93. The molecule has 2 aliphatic carbocycles. The van der Waals surface area contributed by atoms with Gasteiger partial charge in [0, 0.05) is 5.41 Å². The van der Waals surface area contributed by atoms with Crippen molar-refractivity contribution in [2.75, 3.05) is 13.7 Å². The number of epoxide rings is 1. The van der Waals surface area contributed by atoms with Crippen molar-refractivity contribution in [1.29, 1.82) is 0 Å². The summed E-state index contributed by atoms with van der Waals surface area (Å²) in [5.74, 6) is 0.996. The summed E-state index contributed by atoms with van der Waals surface area (Å²) < 4.78 is 17.2. The first-order chi connectivity index (χ1) is 12.9. The number of benzene rings is 1. The lowest BCUT2D eigenvalue weighted by atomic mass is 9.71. The first kappa shape index (κ1) is 18.5. The minimum Gasteiger partial charge on any atom is -0.497 e. The van der Waals surface area contributed by atoms with Crippen molar-refractivity contribution < 1.29 is 19.0 Å². The Hall–Kier alpha value is -1.81. The molecule has 1 saturated heterocycles. The quantitative estimate of drug-likeness (QED) is 0.419. The number of methoxy groups -OCH3 is 1. The van der Waals surface area contributed by atoms with Gasteiger partial charge in [0.2, 0.25) is 0 Å². The summed E-state index contributed by atoms with van der Waals surface area (Å²) in [6.07, 6.45) is 7.69. The van der Waals surface area contributed by atoms with E-state index in [-0.39, 0.29) is 22.6 Å². The van der Waals surface area contributed by atoms with Gasteiger partial charge in [-0.15, -0.1) is 0 Å². The SMILES string of the molecule is COc1ccc(C(=O)OCC2=CC[C@@]3(C)CC[C@]4(C(C)C)O[C@]34CC2)cc1. The maximum atomic E-state index is 12.3. The minimum atomic E-state index is -0.286. The van der Waals surface area contributed by atoms with Crippen LogP contribution in [-0.2, 0) is 9.47 Å². The van der Waals surface area contributed by atoms with Gasteiger partial charge in [-0.1, -0.05) is 26.8 Å². The van der Waals surface area contributed by atoms with E-state index in [2.05, 4.69) is 26.8 Å².